The molecule has 9 heterocycles. The minimum absolute atomic E-state index is 0.0222. The summed E-state index contributed by atoms with van der Waals surface area (Å²) in [4.78, 5) is 115. The van der Waals surface area contributed by atoms with Gasteiger partial charge in [-0.1, -0.05) is 75.2 Å². The highest BCUT2D eigenvalue weighted by molar-refractivity contribution is 7.48. The lowest BCUT2D eigenvalue weighted by Gasteiger charge is -2.35. The molecule has 4 aromatic heterocycles. The summed E-state index contributed by atoms with van der Waals surface area (Å²) in [5, 5.41) is 58.9. The predicted octanol–water partition coefficient (Wildman–Crippen LogP) is 9.42. The number of aliphatic hydroxyl groups is 4. The van der Waals surface area contributed by atoms with Gasteiger partial charge in [-0.05, 0) is 138 Å². The topological polar surface area (TPSA) is 535 Å². The first-order valence-electron chi connectivity index (χ1n) is 42.8. The van der Waals surface area contributed by atoms with E-state index in [0.29, 0.717) is 92.5 Å². The molecule has 5 saturated heterocycles. The van der Waals surface area contributed by atoms with Crippen LogP contribution in [0.4, 0.5) is 0 Å². The van der Waals surface area contributed by atoms with Gasteiger partial charge in [0.2, 0.25) is 13.1 Å². The van der Waals surface area contributed by atoms with Crippen LogP contribution >= 0.6 is 24.2 Å². The Morgan fingerprint density at radius 1 is 0.512 bits per heavy atom. The number of aliphatic hydroxyl groups excluding tert-OH is 4. The van der Waals surface area contributed by atoms with Crippen molar-refractivity contribution in [2.45, 2.75) is 267 Å². The molecule has 5 fully saturated rings. The third kappa shape index (κ3) is 36.0. The Labute approximate surface area is 754 Å². The zero-order valence-corrected chi connectivity index (χ0v) is 80.2. The quantitative estimate of drug-likeness (QED) is 0.0115. The third-order valence-corrected chi connectivity index (χ3v) is 26.3. The predicted molar refractivity (Wildman–Crippen MR) is 478 cm³/mol. The van der Waals surface area contributed by atoms with Crippen LogP contribution in [0.25, 0.3) is 19.4 Å². The summed E-state index contributed by atoms with van der Waals surface area (Å²) < 4.78 is 104. The van der Waals surface area contributed by atoms with Crippen molar-refractivity contribution in [3.8, 4) is 12.1 Å². The third-order valence-electron chi connectivity index (χ3n) is 21.5. The van der Waals surface area contributed by atoms with Crippen molar-refractivity contribution < 1.29 is 89.4 Å². The maximum atomic E-state index is 12.8. The minimum atomic E-state index is -4.18. The molecule has 0 aromatic carbocycles. The van der Waals surface area contributed by atoms with E-state index in [2.05, 4.69) is 97.8 Å². The van der Waals surface area contributed by atoms with E-state index in [1.807, 2.05) is 53.8 Å². The van der Waals surface area contributed by atoms with Crippen LogP contribution in [0.5, 0.6) is 0 Å². The number of phosphoric ester groups is 2. The normalized spacial score (nSPS) is 23.1. The Morgan fingerprint density at radius 3 is 1.09 bits per heavy atom. The van der Waals surface area contributed by atoms with Crippen LogP contribution in [0.2, 0.25) is 0 Å². The van der Waals surface area contributed by atoms with Gasteiger partial charge >= 0.3 is 51.9 Å². The molecular formula is C83H135N16O27P3. The number of nitrogens with zero attached hydrogens (tertiary/aromatic N) is 11. The fraction of sp³-hybridized carbons (Fsp3) is 0.735. The summed E-state index contributed by atoms with van der Waals surface area (Å²) in [6.45, 7) is 60.4. The molecule has 43 nitrogen and oxygen atoms in total. The van der Waals surface area contributed by atoms with Crippen molar-refractivity contribution in [3.63, 3.8) is 0 Å². The molecule has 0 amide bonds. The van der Waals surface area contributed by atoms with Crippen LogP contribution in [0.15, 0.2) is 63.1 Å². The summed E-state index contributed by atoms with van der Waals surface area (Å²) >= 11 is 0. The van der Waals surface area contributed by atoms with Crippen molar-refractivity contribution in [1.82, 2.24) is 48.2 Å². The number of aryl methyl sites for hydroxylation is 4. The second-order valence-electron chi connectivity index (χ2n) is 31.2. The molecular weight excluding hydrogens is 1750 g/mol. The average Bonchev–Trinajstić information content (AvgIpc) is 1.63. The maximum absolute atomic E-state index is 12.8. The molecule has 4 aromatic rings. The van der Waals surface area contributed by atoms with E-state index in [9.17, 15) is 67.9 Å². The van der Waals surface area contributed by atoms with Gasteiger partial charge in [-0.15, -0.1) is 0 Å². The molecule has 13 atom stereocenters. The van der Waals surface area contributed by atoms with E-state index in [0.717, 1.165) is 19.8 Å². The van der Waals surface area contributed by atoms with Gasteiger partial charge in [0, 0.05) is 78.8 Å². The second-order valence-corrected chi connectivity index (χ2v) is 36.0. The zero-order chi connectivity index (χ0) is 97.5. The fourth-order valence-corrected chi connectivity index (χ4v) is 17.0. The number of hydrogen-bond acceptors (Lipinski definition) is 31. The van der Waals surface area contributed by atoms with Crippen molar-refractivity contribution >= 4 is 24.2 Å². The van der Waals surface area contributed by atoms with Crippen LogP contribution in [0, 0.1) is 94.4 Å². The highest BCUT2D eigenvalue weighted by Crippen LogP contribution is 2.54. The number of H-pyrrole nitrogens is 4. The van der Waals surface area contributed by atoms with Gasteiger partial charge < -0.3 is 68.2 Å². The van der Waals surface area contributed by atoms with Gasteiger partial charge in [0.25, 0.3) is 30.8 Å². The number of aromatic nitrogens is 8. The van der Waals surface area contributed by atoms with E-state index >= 15 is 0 Å². The lowest BCUT2D eigenvalue weighted by molar-refractivity contribution is -0.134. The van der Waals surface area contributed by atoms with E-state index in [-0.39, 0.29) is 88.9 Å². The summed E-state index contributed by atoms with van der Waals surface area (Å²) in [5.41, 5.74) is -6.43. The summed E-state index contributed by atoms with van der Waals surface area (Å²) in [7, 11) is -7.51. The number of unbranched alkanes of at least 4 members (excludes halogenated alkanes) is 1. The molecule has 129 heavy (non-hydrogen) atoms. The first-order chi connectivity index (χ1) is 61.1. The molecule has 0 radical (unpaired) electrons. The van der Waals surface area contributed by atoms with Gasteiger partial charge in [-0.2, -0.15) is 10.5 Å². The summed E-state index contributed by atoms with van der Waals surface area (Å²) in [6, 6.07) is 4.68. The van der Waals surface area contributed by atoms with Crippen molar-refractivity contribution in [2.24, 2.45) is 17.8 Å². The first-order valence-corrected chi connectivity index (χ1v) is 46.9. The highest BCUT2D eigenvalue weighted by Gasteiger charge is 2.52. The molecule has 2 unspecified atom stereocenters. The average molecular weight is 1880 g/mol. The lowest BCUT2D eigenvalue weighted by Crippen LogP contribution is -2.43. The van der Waals surface area contributed by atoms with Gasteiger partial charge in [-0.3, -0.25) is 85.2 Å². The number of nitriles is 2. The molecule has 0 saturated carbocycles. The number of ether oxygens (including phenoxy) is 5. The standard InChI is InChI=1S/C18H25N4O7P.C17H23N4O8P.C13H20N2O4.C12H22N3O2P.C12H18N2O5.C4H8O.C4H10.C3H9N/c1-6-18(11-27-30(25,28-12-20-5)26-8-7-19-4)14(3)9-15(29-18)22-10-13(2)16(23)21-17(22)24;1-5-17(10-27-30(25,28-11-19-4)26-7-6-18-3)13(22)8-14(29-17)21-9-12(2)15(23)20-16(21)24;1-4-13(7-16)9(3)5-10(19-13)15-6-8(2)11(17)14-12(15)18;1-11(2)15(12(3)4)18(16-9-5-7-13)17-10-6-8-14;1-7-4-14(11(18)13-10(7)17)9-3-8(2)12(5-15,6-16)19-9;1-2-4-5-3-1;2*1-3-4-2/h10,14-15H,6-9,11-12H2,1-3H3,(H,21,23,24);9,13-14,22H,5-8,10-11H2,1-2H3,(H,20,23,24);6,9-10,16H,4-5,7H2,1-3H3,(H,14,17,18);11-12H,5-6,9-10H2,1-4H3;4,8-9,15-16H,3,5-6H2,1-2H3,(H,13,17,18);1-4H2;3-4H2,1-2H3;4H,3H2,1-2H3/t14-,15-,18-,30?;13-,14-,17-,30?;9-,10-,13-;;8-,9-;;;/m111.1.../s1. The van der Waals surface area contributed by atoms with Gasteiger partial charge in [0.15, 0.2) is 0 Å². The SMILES string of the molecule is C1CCOC1.CC(C)N(C(C)C)P(OCCC#N)OCCC#N.CCCC.CCNC.CC[C@]1(CO)O[C@@H](n2cc(C)c(=O)[nH]c2=O)C[C@H]1C.Cc1cn([C@H]2C[C@@H](C)C(CO)(CO)O2)c(=O)[nH]c1=O.[C-]#[N+]CCOP(=O)(OC[N+]#[C-])OC[C@@]1(CC)O[C@@H](n2cc(C)c(=O)[nH]c2=O)C[C@H]1C.[C-]#[N+]CCOP(=O)(OC[N+]#[C-])OC[C@@]1(CC)O[C@@H](n2cc(C)c(=O)[nH]c2=O)C[C@H]1O. The number of aromatic amines is 4. The Hall–Kier alpha value is -8.21. The highest BCUT2D eigenvalue weighted by atomic mass is 31.2. The molecule has 0 bridgehead atoms. The molecule has 46 heteroatoms. The largest absolute Gasteiger partial charge is 0.480 e. The summed E-state index contributed by atoms with van der Waals surface area (Å²) in [6.07, 6.45) is 11.0. The van der Waals surface area contributed by atoms with Crippen LogP contribution in [-0.4, -0.2) is 217 Å². The summed E-state index contributed by atoms with van der Waals surface area (Å²) in [5.74, 6) is -0.0533. The molecule has 0 spiro atoms. The van der Waals surface area contributed by atoms with Gasteiger partial charge in [-0.25, -0.2) is 68.3 Å². The Bertz CT molecular complexity index is 4620. The molecule has 9 N–H and O–H groups in total. The number of hydrogen-bond donors (Lipinski definition) is 9. The minimum Gasteiger partial charge on any atom is -0.393 e. The lowest BCUT2D eigenvalue weighted by atomic mass is 9.87. The number of rotatable bonds is 37. The van der Waals surface area contributed by atoms with Crippen LogP contribution in [0.1, 0.15) is 221 Å². The number of phosphoric acid groups is 2. The Balaban J connectivity index is 0.000000534. The molecule has 9 rings (SSSR count). The van der Waals surface area contributed by atoms with Gasteiger partial charge in [0.05, 0.1) is 88.5 Å². The second kappa shape index (κ2) is 59.3. The monoisotopic (exact) mass is 1880 g/mol. The van der Waals surface area contributed by atoms with E-state index in [1.165, 1.54) is 75.7 Å². The Morgan fingerprint density at radius 2 is 0.822 bits per heavy atom. The fourth-order valence-electron chi connectivity index (χ4n) is 13.2. The first kappa shape index (κ1) is 117. The van der Waals surface area contributed by atoms with Crippen molar-refractivity contribution in [3.05, 3.63) is 176 Å². The van der Waals surface area contributed by atoms with Crippen LogP contribution in [0.3, 0.4) is 0 Å². The van der Waals surface area contributed by atoms with E-state index in [1.54, 1.807) is 27.7 Å². The number of nitrogens with one attached hydrogen (secondary N) is 5. The van der Waals surface area contributed by atoms with E-state index in [4.69, 9.17) is 96.7 Å². The zero-order valence-electron chi connectivity index (χ0n) is 77.5. The molecule has 5 aliphatic rings. The molecule has 0 aliphatic carbocycles. The van der Waals surface area contributed by atoms with E-state index < -0.39 is 137 Å². The maximum Gasteiger partial charge on any atom is 0.480 e. The Kier molecular flexibility index (Phi) is 53.7. The smallest absolute Gasteiger partial charge is 0.393 e. The molecule has 5 aliphatic heterocycles. The van der Waals surface area contributed by atoms with Gasteiger partial charge in [0.1, 0.15) is 49.3 Å². The van der Waals surface area contributed by atoms with Crippen LogP contribution in [-0.2, 0) is 69.0 Å². The molecule has 724 valence electrons. The van der Waals surface area contributed by atoms with Crippen molar-refractivity contribution in [1.29, 1.82) is 10.5 Å². The van der Waals surface area contributed by atoms with Crippen molar-refractivity contribution in [2.75, 3.05) is 113 Å². The van der Waals surface area contributed by atoms with Crippen LogP contribution < -0.4 is 50.3 Å².